The fraction of sp³-hybridized carbons (Fsp3) is 0.414. The van der Waals surface area contributed by atoms with Gasteiger partial charge in [0.25, 0.3) is 0 Å². The molecule has 2 fully saturated rings. The van der Waals surface area contributed by atoms with Crippen LogP contribution in [0.25, 0.3) is 11.3 Å². The number of nitrogens with one attached hydrogen (secondary N) is 2. The number of nitrogens with two attached hydrogens (primary N) is 1. The first-order valence-corrected chi connectivity index (χ1v) is 15.1. The number of quaternary nitrogens is 1. The van der Waals surface area contributed by atoms with Crippen molar-refractivity contribution in [3.63, 3.8) is 0 Å². The summed E-state index contributed by atoms with van der Waals surface area (Å²) >= 11 is 12.9. The molecule has 230 valence electrons. The Kier molecular flexibility index (Phi) is 10.2. The highest BCUT2D eigenvalue weighted by atomic mass is 35.5. The van der Waals surface area contributed by atoms with Crippen molar-refractivity contribution in [3.8, 4) is 11.3 Å². The van der Waals surface area contributed by atoms with Gasteiger partial charge in [-0.15, -0.1) is 0 Å². The minimum absolute atomic E-state index is 0.00501. The van der Waals surface area contributed by atoms with E-state index in [9.17, 15) is 15.2 Å². The minimum Gasteiger partial charge on any atom is -0.595 e. The summed E-state index contributed by atoms with van der Waals surface area (Å²) in [5.41, 5.74) is 7.84. The number of benzene rings is 1. The Morgan fingerprint density at radius 1 is 1.07 bits per heavy atom. The van der Waals surface area contributed by atoms with E-state index in [1.54, 1.807) is 23.1 Å². The number of nitrogens with zero attached hydrogens (tertiary/aromatic N) is 6. The largest absolute Gasteiger partial charge is 0.595 e. The van der Waals surface area contributed by atoms with Crippen LogP contribution in [0.5, 0.6) is 0 Å². The van der Waals surface area contributed by atoms with Gasteiger partial charge in [-0.05, 0) is 69.4 Å². The molecular formula is C29H37Cl2N9O3. The molecule has 0 radical (unpaired) electrons. The molecule has 2 saturated heterocycles. The normalized spacial score (nSPS) is 17.0. The van der Waals surface area contributed by atoms with Crippen LogP contribution in [0.1, 0.15) is 12.8 Å². The first-order valence-electron chi connectivity index (χ1n) is 14.4. The van der Waals surface area contributed by atoms with Gasteiger partial charge in [0, 0.05) is 55.9 Å². The van der Waals surface area contributed by atoms with Gasteiger partial charge in [-0.1, -0.05) is 23.2 Å². The van der Waals surface area contributed by atoms with E-state index in [4.69, 9.17) is 33.9 Å². The molecule has 0 aliphatic carbocycles. The van der Waals surface area contributed by atoms with Crippen molar-refractivity contribution in [2.24, 2.45) is 0 Å². The van der Waals surface area contributed by atoms with Gasteiger partial charge in [0.15, 0.2) is 5.82 Å². The Morgan fingerprint density at radius 3 is 2.56 bits per heavy atom. The van der Waals surface area contributed by atoms with Crippen LogP contribution < -0.4 is 26.1 Å². The summed E-state index contributed by atoms with van der Waals surface area (Å²) in [6.07, 6.45) is 2.40. The lowest BCUT2D eigenvalue weighted by molar-refractivity contribution is -0.990. The Balaban J connectivity index is 1.44. The van der Waals surface area contributed by atoms with Gasteiger partial charge in [0.05, 0.1) is 22.9 Å². The van der Waals surface area contributed by atoms with E-state index >= 15 is 0 Å². The molecule has 0 bridgehead atoms. The molecule has 1 aromatic carbocycles. The van der Waals surface area contributed by atoms with Crippen LogP contribution in [-0.2, 0) is 4.79 Å². The van der Waals surface area contributed by atoms with Crippen molar-refractivity contribution in [2.45, 2.75) is 12.8 Å². The van der Waals surface area contributed by atoms with Crippen LogP contribution in [0, 0.1) is 5.21 Å². The molecule has 2 aliphatic heterocycles. The predicted molar refractivity (Wildman–Crippen MR) is 170 cm³/mol. The number of piperazine rings is 1. The zero-order chi connectivity index (χ0) is 30.5. The second-order valence-corrected chi connectivity index (χ2v) is 11.7. The number of carbonyl (C=O) groups is 1. The van der Waals surface area contributed by atoms with E-state index in [-0.39, 0.29) is 17.4 Å². The third kappa shape index (κ3) is 7.65. The second kappa shape index (κ2) is 14.0. The number of carbonyl (C=O) groups excluding carboxylic acids is 1. The third-order valence-electron chi connectivity index (χ3n) is 7.80. The molecule has 12 nitrogen and oxygen atoms in total. The topological polar surface area (TPSA) is 142 Å². The number of halogens is 2. The van der Waals surface area contributed by atoms with Crippen LogP contribution in [0.15, 0.2) is 42.5 Å². The number of amides is 1. The van der Waals surface area contributed by atoms with E-state index < -0.39 is 5.23 Å². The van der Waals surface area contributed by atoms with Gasteiger partial charge < -0.3 is 31.0 Å². The highest BCUT2D eigenvalue weighted by Gasteiger charge is 2.27. The average molecular weight is 631 g/mol. The van der Waals surface area contributed by atoms with Crippen molar-refractivity contribution in [1.29, 1.82) is 0 Å². The molecule has 14 heteroatoms. The highest BCUT2D eigenvalue weighted by molar-refractivity contribution is 6.36. The maximum absolute atomic E-state index is 13.1. The summed E-state index contributed by atoms with van der Waals surface area (Å²) in [5, 5.41) is 23.7. The predicted octanol–water partition coefficient (Wildman–Crippen LogP) is 2.73. The zero-order valence-electron chi connectivity index (χ0n) is 24.1. The van der Waals surface area contributed by atoms with Crippen molar-refractivity contribution in [1.82, 2.24) is 19.8 Å². The summed E-state index contributed by atoms with van der Waals surface area (Å²) in [6, 6.07) is 12.3. The van der Waals surface area contributed by atoms with Gasteiger partial charge in [-0.3, -0.25) is 9.69 Å². The van der Waals surface area contributed by atoms with E-state index in [1.807, 2.05) is 30.1 Å². The number of pyridine rings is 2. The van der Waals surface area contributed by atoms with Crippen LogP contribution in [-0.4, -0.2) is 96.8 Å². The summed E-state index contributed by atoms with van der Waals surface area (Å²) in [7, 11) is 1.93. The van der Waals surface area contributed by atoms with Crippen LogP contribution in [0.2, 0.25) is 10.0 Å². The van der Waals surface area contributed by atoms with E-state index in [0.717, 1.165) is 38.5 Å². The van der Waals surface area contributed by atoms with Crippen LogP contribution in [0.3, 0.4) is 0 Å². The number of hydrogen-bond acceptors (Lipinski definition) is 10. The fourth-order valence-corrected chi connectivity index (χ4v) is 5.94. The smallest absolute Gasteiger partial charge is 0.241 e. The van der Waals surface area contributed by atoms with E-state index in [2.05, 4.69) is 20.1 Å². The number of hydrogen-bond donors (Lipinski definition) is 4. The van der Waals surface area contributed by atoms with Crippen LogP contribution in [0.4, 0.5) is 28.8 Å². The van der Waals surface area contributed by atoms with E-state index in [1.165, 1.54) is 18.9 Å². The minimum atomic E-state index is -1.12. The first kappa shape index (κ1) is 31.2. The molecule has 1 amide bonds. The molecule has 1 unspecified atom stereocenters. The zero-order valence-corrected chi connectivity index (χ0v) is 25.6. The number of nitrogen functional groups attached to an aromatic ring is 1. The van der Waals surface area contributed by atoms with Crippen LogP contribution >= 0.6 is 23.2 Å². The standard InChI is InChI=1S/C29H37Cl2N9O3/c1-36-14-17-39(27(41)19-36)23-7-9-26(35-28(23)21-5-4-20(30)18-22(21)31)38(16-15-37-11-2-3-12-37)13-10-33-25-8-6-24(40(42)43)29(32)34-25/h4-9,18,40,42H,2-3,10-17,19H2,1H3,(H3,32,33,34). The number of anilines is 4. The molecule has 0 saturated carbocycles. The molecular weight excluding hydrogens is 593 g/mol. The van der Waals surface area contributed by atoms with Gasteiger partial charge >= 0.3 is 0 Å². The van der Waals surface area contributed by atoms with Crippen molar-refractivity contribution in [3.05, 3.63) is 57.7 Å². The molecule has 5 N–H and O–H groups in total. The molecule has 1 atom stereocenters. The summed E-state index contributed by atoms with van der Waals surface area (Å²) in [5.74, 6) is 1.21. The summed E-state index contributed by atoms with van der Waals surface area (Å²) in [4.78, 5) is 30.8. The van der Waals surface area contributed by atoms with Gasteiger partial charge in [0.2, 0.25) is 11.6 Å². The molecule has 3 aromatic rings. The van der Waals surface area contributed by atoms with Crippen molar-refractivity contribution in [2.75, 3.05) is 86.8 Å². The Bertz CT molecular complexity index is 1440. The first-order chi connectivity index (χ1) is 20.7. The molecule has 0 spiro atoms. The second-order valence-electron chi connectivity index (χ2n) is 10.8. The lowest BCUT2D eigenvalue weighted by Crippen LogP contribution is -2.99. The molecule has 5 rings (SSSR count). The highest BCUT2D eigenvalue weighted by Crippen LogP contribution is 2.37. The van der Waals surface area contributed by atoms with Crippen molar-refractivity contribution < 1.29 is 15.2 Å². The molecule has 4 heterocycles. The van der Waals surface area contributed by atoms with Gasteiger partial charge in [-0.2, -0.15) is 5.23 Å². The Hall–Kier alpha value is -3.23. The average Bonchev–Trinajstić information content (AvgIpc) is 3.49. The summed E-state index contributed by atoms with van der Waals surface area (Å²) in [6.45, 7) is 6.51. The maximum Gasteiger partial charge on any atom is 0.241 e. The summed E-state index contributed by atoms with van der Waals surface area (Å²) < 4.78 is 0. The SMILES string of the molecule is CN1CCN(c2ccc(N(CCNc3ccc([NH+]([O-])O)c(N)n3)CCN3CCCC3)nc2-c2ccc(Cl)cc2Cl)C(=O)C1. The quantitative estimate of drug-likeness (QED) is 0.234. The monoisotopic (exact) mass is 629 g/mol. The number of aromatic nitrogens is 2. The lowest BCUT2D eigenvalue weighted by Gasteiger charge is -2.34. The number of likely N-dealkylation sites (N-methyl/N-ethyl adjacent to an activating group) is 1. The maximum atomic E-state index is 13.1. The molecule has 43 heavy (non-hydrogen) atoms. The van der Waals surface area contributed by atoms with Gasteiger partial charge in [-0.25, -0.2) is 15.2 Å². The Morgan fingerprint density at radius 2 is 1.86 bits per heavy atom. The number of likely N-dealkylation sites (tertiary alicyclic amines) is 1. The van der Waals surface area contributed by atoms with Crippen molar-refractivity contribution >= 4 is 57.9 Å². The fourth-order valence-electron chi connectivity index (χ4n) is 5.44. The number of rotatable bonds is 11. The molecule has 2 aliphatic rings. The van der Waals surface area contributed by atoms with Gasteiger partial charge in [0.1, 0.15) is 11.6 Å². The van der Waals surface area contributed by atoms with E-state index in [0.29, 0.717) is 59.0 Å². The third-order valence-corrected chi connectivity index (χ3v) is 8.35. The molecule has 2 aromatic heterocycles. The Labute approximate surface area is 261 Å². The lowest BCUT2D eigenvalue weighted by atomic mass is 10.1.